The average molecular weight is 641 g/mol. The van der Waals surface area contributed by atoms with Gasteiger partial charge >= 0.3 is 6.09 Å². The van der Waals surface area contributed by atoms with Gasteiger partial charge in [0, 0.05) is 13.5 Å². The molecule has 37 heavy (non-hydrogen) atoms. The third-order valence-electron chi connectivity index (χ3n) is 6.43. The molecule has 0 aliphatic heterocycles. The Morgan fingerprint density at radius 2 is 1.24 bits per heavy atom. The molecule has 0 saturated heterocycles. The number of carbonyl (C=O) groups is 2. The minimum absolute atomic E-state index is 0.0857. The first-order chi connectivity index (χ1) is 17.7. The number of ether oxygens (including phenoxy) is 2. The molecule has 0 saturated carbocycles. The van der Waals surface area contributed by atoms with Gasteiger partial charge in [-0.25, -0.2) is 4.79 Å². The molecule has 0 bridgehead atoms. The molecular formula is C29H59IN3O4+. The molecule has 2 amide bonds. The normalized spacial score (nSPS) is 13.2. The van der Waals surface area contributed by atoms with Gasteiger partial charge in [-0.05, 0) is 29.0 Å². The van der Waals surface area contributed by atoms with Gasteiger partial charge in [-0.3, -0.25) is 4.79 Å². The largest absolute Gasteiger partial charge is 0.447 e. The highest BCUT2D eigenvalue weighted by Crippen LogP contribution is 2.15. The minimum Gasteiger partial charge on any atom is -0.447 e. The predicted molar refractivity (Wildman–Crippen MR) is 163 cm³/mol. The standard InChI is InChI=1S/C29H58IN3O4/c1-6-7-8-9-10-11-12-13-14-15-16-17-18-19-20-21-24-36-28(30)27(32-26(2)34)25-37-29(35)31-22-23-33(3,4)5/h27-28H,6-25H2,1-5H3,(H-,31,32,34,35)/p+1. The Morgan fingerprint density at radius 3 is 1.68 bits per heavy atom. The third-order valence-corrected chi connectivity index (χ3v) is 7.65. The van der Waals surface area contributed by atoms with E-state index in [2.05, 4.69) is 61.3 Å². The number of alkyl halides is 1. The Morgan fingerprint density at radius 1 is 0.784 bits per heavy atom. The van der Waals surface area contributed by atoms with E-state index in [9.17, 15) is 9.59 Å². The Kier molecular flexibility index (Phi) is 24.0. The monoisotopic (exact) mass is 640 g/mol. The average Bonchev–Trinajstić information content (AvgIpc) is 2.82. The second-order valence-corrected chi connectivity index (χ2v) is 12.6. The predicted octanol–water partition coefficient (Wildman–Crippen LogP) is 6.96. The number of alkyl carbamates (subject to hydrolysis) is 1. The number of unbranched alkanes of at least 4 members (excludes halogenated alkanes) is 15. The van der Waals surface area contributed by atoms with Crippen molar-refractivity contribution in [3.8, 4) is 0 Å². The molecule has 220 valence electrons. The van der Waals surface area contributed by atoms with Crippen molar-refractivity contribution < 1.29 is 23.5 Å². The molecule has 0 heterocycles. The molecule has 0 radical (unpaired) electrons. The van der Waals surface area contributed by atoms with Gasteiger partial charge in [-0.1, -0.05) is 103 Å². The van der Waals surface area contributed by atoms with Crippen LogP contribution in [0.15, 0.2) is 0 Å². The molecule has 0 fully saturated rings. The molecule has 2 unspecified atom stereocenters. The molecule has 2 atom stereocenters. The molecule has 0 aromatic heterocycles. The number of hydrogen-bond acceptors (Lipinski definition) is 4. The number of likely N-dealkylation sites (N-methyl/N-ethyl adjacent to an activating group) is 1. The zero-order valence-electron chi connectivity index (χ0n) is 24.8. The van der Waals surface area contributed by atoms with Crippen molar-refractivity contribution in [2.24, 2.45) is 0 Å². The quantitative estimate of drug-likeness (QED) is 0.0490. The van der Waals surface area contributed by atoms with Crippen molar-refractivity contribution in [1.82, 2.24) is 10.6 Å². The van der Waals surface area contributed by atoms with Gasteiger partial charge in [0.1, 0.15) is 10.7 Å². The van der Waals surface area contributed by atoms with Crippen molar-refractivity contribution in [3.05, 3.63) is 0 Å². The van der Waals surface area contributed by atoms with Gasteiger partial charge in [-0.2, -0.15) is 0 Å². The number of quaternary nitrogens is 1. The lowest BCUT2D eigenvalue weighted by atomic mass is 10.0. The SMILES string of the molecule is CCCCCCCCCCCCCCCCCCOC(I)C(COC(=O)NCC[N+](C)(C)C)NC(C)=O. The van der Waals surface area contributed by atoms with Crippen LogP contribution in [0, 0.1) is 0 Å². The van der Waals surface area contributed by atoms with Crippen LogP contribution in [0.2, 0.25) is 0 Å². The molecule has 0 aromatic rings. The van der Waals surface area contributed by atoms with Gasteiger partial charge in [0.2, 0.25) is 5.91 Å². The number of nitrogens with one attached hydrogen (secondary N) is 2. The first kappa shape index (κ1) is 36.4. The fraction of sp³-hybridized carbons (Fsp3) is 0.931. The van der Waals surface area contributed by atoms with Gasteiger partial charge in [-0.15, -0.1) is 0 Å². The van der Waals surface area contributed by atoms with E-state index in [1.807, 2.05) is 0 Å². The maximum Gasteiger partial charge on any atom is 0.407 e. The Bertz CT molecular complexity index is 558. The molecule has 0 aromatic carbocycles. The van der Waals surface area contributed by atoms with Crippen LogP contribution < -0.4 is 10.6 Å². The lowest BCUT2D eigenvalue weighted by molar-refractivity contribution is -0.869. The van der Waals surface area contributed by atoms with Crippen LogP contribution in [0.3, 0.4) is 0 Å². The van der Waals surface area contributed by atoms with E-state index >= 15 is 0 Å². The highest BCUT2D eigenvalue weighted by Gasteiger charge is 2.22. The van der Waals surface area contributed by atoms with Crippen LogP contribution in [0.25, 0.3) is 0 Å². The number of rotatable bonds is 25. The Labute approximate surface area is 242 Å². The first-order valence-electron chi connectivity index (χ1n) is 14.9. The second kappa shape index (κ2) is 24.4. The van der Waals surface area contributed by atoms with E-state index in [0.717, 1.165) is 23.9 Å². The van der Waals surface area contributed by atoms with Crippen LogP contribution >= 0.6 is 22.6 Å². The summed E-state index contributed by atoms with van der Waals surface area (Å²) in [4.78, 5) is 23.6. The molecule has 0 aliphatic rings. The number of amides is 2. The molecule has 0 rings (SSSR count). The smallest absolute Gasteiger partial charge is 0.407 e. The van der Waals surface area contributed by atoms with Crippen molar-refractivity contribution in [3.63, 3.8) is 0 Å². The Hall–Kier alpha value is -0.610. The summed E-state index contributed by atoms with van der Waals surface area (Å²) in [6, 6.07) is -0.372. The first-order valence-corrected chi connectivity index (χ1v) is 16.1. The fourth-order valence-electron chi connectivity index (χ4n) is 4.12. The minimum atomic E-state index is -0.467. The third kappa shape index (κ3) is 26.8. The summed E-state index contributed by atoms with van der Waals surface area (Å²) in [6.07, 6.45) is 21.0. The summed E-state index contributed by atoms with van der Waals surface area (Å²) in [7, 11) is 6.20. The molecule has 0 aliphatic carbocycles. The zero-order chi connectivity index (χ0) is 27.8. The van der Waals surface area contributed by atoms with Crippen molar-refractivity contribution >= 4 is 34.6 Å². The number of hydrogen-bond donors (Lipinski definition) is 2. The molecule has 7 nitrogen and oxygen atoms in total. The van der Waals surface area contributed by atoms with E-state index in [1.165, 1.54) is 96.8 Å². The Balaban J connectivity index is 3.75. The molecule has 8 heteroatoms. The van der Waals surface area contributed by atoms with Crippen molar-refractivity contribution in [2.45, 2.75) is 127 Å². The van der Waals surface area contributed by atoms with Crippen LogP contribution in [0.5, 0.6) is 0 Å². The summed E-state index contributed by atoms with van der Waals surface area (Å²) in [6.45, 7) is 5.82. The summed E-state index contributed by atoms with van der Waals surface area (Å²) < 4.78 is 11.8. The van der Waals surface area contributed by atoms with Crippen molar-refractivity contribution in [1.29, 1.82) is 0 Å². The van der Waals surface area contributed by atoms with E-state index in [0.29, 0.717) is 13.2 Å². The lowest BCUT2D eigenvalue weighted by Crippen LogP contribution is -2.46. The van der Waals surface area contributed by atoms with Gasteiger partial charge < -0.3 is 24.6 Å². The van der Waals surface area contributed by atoms with Crippen LogP contribution in [0.4, 0.5) is 4.79 Å². The number of nitrogens with zero attached hydrogens (tertiary/aromatic N) is 1. The van der Waals surface area contributed by atoms with Gasteiger partial charge in [0.15, 0.2) is 0 Å². The molecule has 0 spiro atoms. The van der Waals surface area contributed by atoms with Crippen LogP contribution in [0.1, 0.15) is 117 Å². The van der Waals surface area contributed by atoms with E-state index < -0.39 is 6.09 Å². The van der Waals surface area contributed by atoms with E-state index in [1.54, 1.807) is 0 Å². The summed E-state index contributed by atoms with van der Waals surface area (Å²) in [5, 5.41) is 5.60. The maximum absolute atomic E-state index is 12.0. The zero-order valence-corrected chi connectivity index (χ0v) is 26.9. The summed E-state index contributed by atoms with van der Waals surface area (Å²) in [5.41, 5.74) is 0. The highest BCUT2D eigenvalue weighted by molar-refractivity contribution is 14.1. The van der Waals surface area contributed by atoms with Gasteiger partial charge in [0.25, 0.3) is 0 Å². The highest BCUT2D eigenvalue weighted by atomic mass is 127. The van der Waals surface area contributed by atoms with E-state index in [4.69, 9.17) is 9.47 Å². The molecule has 2 N–H and O–H groups in total. The number of halogens is 1. The molecular weight excluding hydrogens is 581 g/mol. The van der Waals surface area contributed by atoms with Crippen LogP contribution in [-0.2, 0) is 14.3 Å². The summed E-state index contributed by atoms with van der Waals surface area (Å²) in [5.74, 6) is -0.160. The van der Waals surface area contributed by atoms with E-state index in [-0.39, 0.29) is 22.7 Å². The van der Waals surface area contributed by atoms with Crippen LogP contribution in [-0.4, -0.2) is 74.1 Å². The topological polar surface area (TPSA) is 76.7 Å². The van der Waals surface area contributed by atoms with Crippen molar-refractivity contribution in [2.75, 3.05) is 47.4 Å². The summed E-state index contributed by atoms with van der Waals surface area (Å²) >= 11 is 2.17. The lowest BCUT2D eigenvalue weighted by Gasteiger charge is -2.25. The number of carbonyl (C=O) groups excluding carboxylic acids is 2. The van der Waals surface area contributed by atoms with Gasteiger partial charge in [0.05, 0.1) is 40.3 Å². The maximum atomic E-state index is 12.0. The second-order valence-electron chi connectivity index (χ2n) is 11.4. The fourth-order valence-corrected chi connectivity index (χ4v) is 4.76.